The number of aliphatic hydroxyl groups is 2. The maximum absolute atomic E-state index is 12.0. The summed E-state index contributed by atoms with van der Waals surface area (Å²) >= 11 is 0. The summed E-state index contributed by atoms with van der Waals surface area (Å²) in [6, 6.07) is 0. The van der Waals surface area contributed by atoms with Gasteiger partial charge in [-0.3, -0.25) is 4.79 Å². The minimum absolute atomic E-state index is 0.0989. The number of hydrogen-bond donors (Lipinski definition) is 2. The normalized spacial score (nSPS) is 18.3. The standard InChI is InChI=1S/C24H36O4/c1-3-5-15-24(17-12-9-13-18-24)16-11-8-6-7-10-14-21(4-2)23(27)28-20-22(26)19-25/h5-7,11-13,15-18,21-22,25-26H,3-4,8-10,14,19-20H2,1-2H3/b7-6-,15-5-,16-11-. The summed E-state index contributed by atoms with van der Waals surface area (Å²) in [6.45, 7) is 3.54. The zero-order chi connectivity index (χ0) is 20.7. The molecule has 0 aliphatic heterocycles. The molecule has 1 aliphatic rings. The van der Waals surface area contributed by atoms with E-state index in [4.69, 9.17) is 9.84 Å². The Hall–Kier alpha value is -1.91. The van der Waals surface area contributed by atoms with Crippen LogP contribution in [0, 0.1) is 11.3 Å². The van der Waals surface area contributed by atoms with E-state index < -0.39 is 12.7 Å². The third kappa shape index (κ3) is 9.34. The number of esters is 1. The van der Waals surface area contributed by atoms with Crippen molar-refractivity contribution < 1.29 is 19.7 Å². The zero-order valence-electron chi connectivity index (χ0n) is 17.3. The first-order chi connectivity index (χ1) is 13.6. The van der Waals surface area contributed by atoms with E-state index >= 15 is 0 Å². The third-order valence-corrected chi connectivity index (χ3v) is 4.71. The van der Waals surface area contributed by atoms with Gasteiger partial charge in [0.2, 0.25) is 0 Å². The molecule has 2 unspecified atom stereocenters. The van der Waals surface area contributed by atoms with Crippen molar-refractivity contribution in [3.05, 3.63) is 60.8 Å². The average Bonchev–Trinajstić information content (AvgIpc) is 2.73. The Morgan fingerprint density at radius 3 is 2.50 bits per heavy atom. The van der Waals surface area contributed by atoms with Crippen LogP contribution in [0.4, 0.5) is 0 Å². The third-order valence-electron chi connectivity index (χ3n) is 4.71. The zero-order valence-corrected chi connectivity index (χ0v) is 17.3. The van der Waals surface area contributed by atoms with E-state index in [1.165, 1.54) is 0 Å². The Kier molecular flexibility index (Phi) is 12.2. The van der Waals surface area contributed by atoms with Gasteiger partial charge < -0.3 is 14.9 Å². The Labute approximate surface area is 170 Å². The SMILES string of the molecule is CC/C=C\C1(/C=C\C/C=C\CCC(CC)C(=O)OCC(O)CO)C=CCC=C1. The molecule has 2 N–H and O–H groups in total. The van der Waals surface area contributed by atoms with Crippen LogP contribution < -0.4 is 0 Å². The quantitative estimate of drug-likeness (QED) is 0.356. The number of carbonyl (C=O) groups excluding carboxylic acids is 1. The first kappa shape index (κ1) is 24.1. The molecule has 1 rings (SSSR count). The molecule has 0 aromatic rings. The van der Waals surface area contributed by atoms with Crippen LogP contribution in [0.25, 0.3) is 0 Å². The molecule has 0 aromatic carbocycles. The topological polar surface area (TPSA) is 66.8 Å². The van der Waals surface area contributed by atoms with Gasteiger partial charge in [-0.1, -0.05) is 74.6 Å². The molecule has 0 saturated heterocycles. The monoisotopic (exact) mass is 388 g/mol. The maximum Gasteiger partial charge on any atom is 0.309 e. The lowest BCUT2D eigenvalue weighted by molar-refractivity contribution is -0.152. The van der Waals surface area contributed by atoms with Crippen LogP contribution in [0.15, 0.2) is 60.8 Å². The van der Waals surface area contributed by atoms with Gasteiger partial charge in [-0.25, -0.2) is 0 Å². The molecule has 4 nitrogen and oxygen atoms in total. The lowest BCUT2D eigenvalue weighted by Gasteiger charge is -2.21. The lowest BCUT2D eigenvalue weighted by atomic mass is 9.83. The van der Waals surface area contributed by atoms with Gasteiger partial charge in [0.25, 0.3) is 0 Å². The maximum atomic E-state index is 12.0. The van der Waals surface area contributed by atoms with E-state index in [2.05, 4.69) is 67.7 Å². The fourth-order valence-corrected chi connectivity index (χ4v) is 2.98. The summed E-state index contributed by atoms with van der Waals surface area (Å²) in [5.41, 5.74) is -0.0989. The van der Waals surface area contributed by atoms with E-state index in [-0.39, 0.29) is 23.9 Å². The van der Waals surface area contributed by atoms with Crippen molar-refractivity contribution in [2.45, 2.75) is 58.5 Å². The van der Waals surface area contributed by atoms with E-state index in [1.807, 2.05) is 6.92 Å². The minimum atomic E-state index is -1.00. The second kappa shape index (κ2) is 14.1. The van der Waals surface area contributed by atoms with Crippen LogP contribution >= 0.6 is 0 Å². The highest BCUT2D eigenvalue weighted by Crippen LogP contribution is 2.29. The molecular formula is C24H36O4. The Morgan fingerprint density at radius 1 is 1.14 bits per heavy atom. The summed E-state index contributed by atoms with van der Waals surface area (Å²) in [5.74, 6) is -0.477. The van der Waals surface area contributed by atoms with Crippen molar-refractivity contribution >= 4 is 5.97 Å². The summed E-state index contributed by atoms with van der Waals surface area (Å²) in [7, 11) is 0. The van der Waals surface area contributed by atoms with Crippen LogP contribution in [0.5, 0.6) is 0 Å². The molecule has 0 saturated carbocycles. The molecular weight excluding hydrogens is 352 g/mol. The number of allylic oxidation sites excluding steroid dienone is 10. The largest absolute Gasteiger partial charge is 0.463 e. The number of aliphatic hydroxyl groups excluding tert-OH is 2. The van der Waals surface area contributed by atoms with E-state index in [0.29, 0.717) is 6.42 Å². The van der Waals surface area contributed by atoms with Crippen molar-refractivity contribution in [1.29, 1.82) is 0 Å². The molecule has 0 fully saturated rings. The highest BCUT2D eigenvalue weighted by molar-refractivity contribution is 5.72. The molecule has 0 spiro atoms. The molecule has 4 heteroatoms. The fourth-order valence-electron chi connectivity index (χ4n) is 2.98. The first-order valence-corrected chi connectivity index (χ1v) is 10.4. The van der Waals surface area contributed by atoms with E-state index in [1.54, 1.807) is 0 Å². The van der Waals surface area contributed by atoms with Crippen LogP contribution in [0.3, 0.4) is 0 Å². The van der Waals surface area contributed by atoms with Crippen molar-refractivity contribution in [2.75, 3.05) is 13.2 Å². The van der Waals surface area contributed by atoms with Crippen molar-refractivity contribution in [2.24, 2.45) is 11.3 Å². The molecule has 0 aromatic heterocycles. The van der Waals surface area contributed by atoms with Gasteiger partial charge in [-0.05, 0) is 38.5 Å². The van der Waals surface area contributed by atoms with Gasteiger partial charge in [-0.2, -0.15) is 0 Å². The van der Waals surface area contributed by atoms with Gasteiger partial charge in [0.15, 0.2) is 0 Å². The Balaban J connectivity index is 2.40. The van der Waals surface area contributed by atoms with Crippen LogP contribution in [-0.2, 0) is 9.53 Å². The molecule has 1 aliphatic carbocycles. The predicted molar refractivity (Wildman–Crippen MR) is 115 cm³/mol. The lowest BCUT2D eigenvalue weighted by Crippen LogP contribution is -2.25. The molecule has 0 amide bonds. The minimum Gasteiger partial charge on any atom is -0.463 e. The van der Waals surface area contributed by atoms with Gasteiger partial charge in [0, 0.05) is 5.41 Å². The number of ether oxygens (including phenoxy) is 1. The summed E-state index contributed by atoms with van der Waals surface area (Å²) in [5, 5.41) is 18.0. The fraction of sp³-hybridized carbons (Fsp3) is 0.542. The predicted octanol–water partition coefficient (Wildman–Crippen LogP) is 4.66. The molecule has 0 heterocycles. The number of hydrogen-bond acceptors (Lipinski definition) is 4. The summed E-state index contributed by atoms with van der Waals surface area (Å²) in [4.78, 5) is 12.0. The van der Waals surface area contributed by atoms with E-state index in [0.717, 1.165) is 32.1 Å². The van der Waals surface area contributed by atoms with Crippen LogP contribution in [0.2, 0.25) is 0 Å². The second-order valence-corrected chi connectivity index (χ2v) is 7.11. The van der Waals surface area contributed by atoms with Crippen molar-refractivity contribution in [3.8, 4) is 0 Å². The van der Waals surface area contributed by atoms with Crippen molar-refractivity contribution in [1.82, 2.24) is 0 Å². The van der Waals surface area contributed by atoms with Crippen LogP contribution in [-0.4, -0.2) is 35.5 Å². The molecule has 0 bridgehead atoms. The molecule has 2 atom stereocenters. The van der Waals surface area contributed by atoms with Gasteiger partial charge >= 0.3 is 5.97 Å². The number of carbonyl (C=O) groups is 1. The van der Waals surface area contributed by atoms with E-state index in [9.17, 15) is 9.90 Å². The average molecular weight is 389 g/mol. The highest BCUT2D eigenvalue weighted by atomic mass is 16.5. The Bertz CT molecular complexity index is 571. The highest BCUT2D eigenvalue weighted by Gasteiger charge is 2.18. The number of rotatable bonds is 13. The van der Waals surface area contributed by atoms with Crippen LogP contribution in [0.1, 0.15) is 52.4 Å². The smallest absolute Gasteiger partial charge is 0.309 e. The Morgan fingerprint density at radius 2 is 1.86 bits per heavy atom. The molecule has 28 heavy (non-hydrogen) atoms. The van der Waals surface area contributed by atoms with Gasteiger partial charge in [-0.15, -0.1) is 0 Å². The van der Waals surface area contributed by atoms with Gasteiger partial charge in [0.1, 0.15) is 12.7 Å². The molecule has 156 valence electrons. The second-order valence-electron chi connectivity index (χ2n) is 7.11. The van der Waals surface area contributed by atoms with Crippen molar-refractivity contribution in [3.63, 3.8) is 0 Å². The summed E-state index contributed by atoms with van der Waals surface area (Å²) in [6.07, 6.45) is 26.1. The first-order valence-electron chi connectivity index (χ1n) is 10.4. The summed E-state index contributed by atoms with van der Waals surface area (Å²) < 4.78 is 5.05. The van der Waals surface area contributed by atoms with Gasteiger partial charge in [0.05, 0.1) is 12.5 Å². The molecule has 0 radical (unpaired) electrons.